The molecule has 0 amide bonds. The maximum Gasteiger partial charge on any atom is 0.0967 e. The fourth-order valence-corrected chi connectivity index (χ4v) is 0.997. The summed E-state index contributed by atoms with van der Waals surface area (Å²) >= 11 is 4.13. The largest absolute Gasteiger partial charge is 0.303 e. The molecule has 0 radical (unpaired) electrons. The van der Waals surface area contributed by atoms with Gasteiger partial charge in [0.25, 0.3) is 0 Å². The van der Waals surface area contributed by atoms with Gasteiger partial charge in [0.15, 0.2) is 0 Å². The Labute approximate surface area is 65.2 Å². The molecular formula is C7H8N2S. The molecule has 0 unspecified atom stereocenters. The van der Waals surface area contributed by atoms with E-state index in [2.05, 4.69) is 17.6 Å². The van der Waals surface area contributed by atoms with Gasteiger partial charge in [-0.05, 0) is 19.1 Å². The molecule has 0 aliphatic heterocycles. The topological polar surface area (TPSA) is 36.7 Å². The summed E-state index contributed by atoms with van der Waals surface area (Å²) in [6.07, 6.45) is 1.66. The van der Waals surface area contributed by atoms with E-state index in [9.17, 15) is 0 Å². The number of aromatic nitrogens is 1. The van der Waals surface area contributed by atoms with E-state index in [1.165, 1.54) is 0 Å². The van der Waals surface area contributed by atoms with Crippen LogP contribution < -0.4 is 0 Å². The van der Waals surface area contributed by atoms with Crippen molar-refractivity contribution in [2.75, 3.05) is 0 Å². The van der Waals surface area contributed by atoms with Crippen molar-refractivity contribution in [3.05, 3.63) is 24.0 Å². The zero-order valence-corrected chi connectivity index (χ0v) is 6.52. The Balaban J connectivity index is 3.15. The molecule has 1 rings (SSSR count). The monoisotopic (exact) mass is 152 g/mol. The van der Waals surface area contributed by atoms with Gasteiger partial charge >= 0.3 is 0 Å². The van der Waals surface area contributed by atoms with Crippen LogP contribution in [0, 0.1) is 5.41 Å². The van der Waals surface area contributed by atoms with Crippen molar-refractivity contribution in [1.29, 1.82) is 5.41 Å². The highest BCUT2D eigenvalue weighted by Crippen LogP contribution is 2.09. The van der Waals surface area contributed by atoms with Crippen LogP contribution >= 0.6 is 12.6 Å². The van der Waals surface area contributed by atoms with E-state index in [-0.39, 0.29) is 0 Å². The highest BCUT2D eigenvalue weighted by Gasteiger charge is 1.99. The van der Waals surface area contributed by atoms with Crippen LogP contribution in [0.25, 0.3) is 0 Å². The Kier molecular flexibility index (Phi) is 2.06. The third kappa shape index (κ3) is 1.36. The molecule has 0 aliphatic carbocycles. The summed E-state index contributed by atoms with van der Waals surface area (Å²) in [5, 5.41) is 7.26. The van der Waals surface area contributed by atoms with Gasteiger partial charge < -0.3 is 5.41 Å². The summed E-state index contributed by atoms with van der Waals surface area (Å²) in [4.78, 5) is 4.74. The first kappa shape index (κ1) is 7.28. The number of pyridine rings is 1. The molecule has 0 fully saturated rings. The van der Waals surface area contributed by atoms with Crippen molar-refractivity contribution in [1.82, 2.24) is 4.98 Å². The van der Waals surface area contributed by atoms with Crippen LogP contribution in [-0.4, -0.2) is 10.7 Å². The molecule has 0 saturated heterocycles. The van der Waals surface area contributed by atoms with Crippen molar-refractivity contribution < 1.29 is 0 Å². The van der Waals surface area contributed by atoms with E-state index in [1.54, 1.807) is 19.2 Å². The maximum atomic E-state index is 7.26. The third-order valence-electron chi connectivity index (χ3n) is 1.14. The first-order chi connectivity index (χ1) is 4.72. The van der Waals surface area contributed by atoms with Crippen LogP contribution in [-0.2, 0) is 0 Å². The minimum atomic E-state index is 0.450. The van der Waals surface area contributed by atoms with Crippen molar-refractivity contribution in [2.45, 2.75) is 11.8 Å². The van der Waals surface area contributed by atoms with Crippen molar-refractivity contribution >= 4 is 18.3 Å². The molecule has 1 heterocycles. The van der Waals surface area contributed by atoms with Gasteiger partial charge in [0, 0.05) is 11.1 Å². The molecule has 52 valence electrons. The standard InChI is InChI=1S/C7H8N2S/c1-5(8)7-6(10)3-2-4-9-7/h2-4,8,10H,1H3. The minimum absolute atomic E-state index is 0.450. The van der Waals surface area contributed by atoms with E-state index >= 15 is 0 Å². The van der Waals surface area contributed by atoms with Crippen LogP contribution in [0.5, 0.6) is 0 Å². The number of thiol groups is 1. The fraction of sp³-hybridized carbons (Fsp3) is 0.143. The van der Waals surface area contributed by atoms with Crippen molar-refractivity contribution in [2.24, 2.45) is 0 Å². The second kappa shape index (κ2) is 2.84. The van der Waals surface area contributed by atoms with Gasteiger partial charge in [-0.2, -0.15) is 0 Å². The van der Waals surface area contributed by atoms with Gasteiger partial charge in [0.05, 0.1) is 11.4 Å². The van der Waals surface area contributed by atoms with Crippen LogP contribution in [0.3, 0.4) is 0 Å². The quantitative estimate of drug-likeness (QED) is 0.467. The van der Waals surface area contributed by atoms with Gasteiger partial charge in [-0.3, -0.25) is 4.98 Å². The van der Waals surface area contributed by atoms with E-state index in [1.807, 2.05) is 6.07 Å². The second-order valence-electron chi connectivity index (χ2n) is 2.00. The summed E-state index contributed by atoms with van der Waals surface area (Å²) in [6.45, 7) is 1.70. The predicted molar refractivity (Wildman–Crippen MR) is 44.0 cm³/mol. The lowest BCUT2D eigenvalue weighted by atomic mass is 10.3. The average Bonchev–Trinajstić information content (AvgIpc) is 1.88. The molecule has 1 aromatic heterocycles. The highest BCUT2D eigenvalue weighted by atomic mass is 32.1. The first-order valence-corrected chi connectivity index (χ1v) is 3.36. The molecule has 1 aromatic rings. The Morgan fingerprint density at radius 1 is 1.70 bits per heavy atom. The summed E-state index contributed by atoms with van der Waals surface area (Å²) in [5.41, 5.74) is 1.11. The average molecular weight is 152 g/mol. The SMILES string of the molecule is CC(=N)c1ncccc1S. The number of rotatable bonds is 1. The van der Waals surface area contributed by atoms with Crippen LogP contribution in [0.15, 0.2) is 23.2 Å². The lowest BCUT2D eigenvalue weighted by Crippen LogP contribution is -1.96. The van der Waals surface area contributed by atoms with Crippen LogP contribution in [0.4, 0.5) is 0 Å². The molecule has 0 saturated carbocycles. The normalized spacial score (nSPS) is 9.40. The van der Waals surface area contributed by atoms with Gasteiger partial charge in [-0.25, -0.2) is 0 Å². The number of nitrogens with one attached hydrogen (secondary N) is 1. The van der Waals surface area contributed by atoms with Gasteiger partial charge in [0.1, 0.15) is 0 Å². The lowest BCUT2D eigenvalue weighted by molar-refractivity contribution is 1.19. The van der Waals surface area contributed by atoms with Gasteiger partial charge in [-0.1, -0.05) is 0 Å². The number of hydrogen-bond acceptors (Lipinski definition) is 3. The zero-order valence-electron chi connectivity index (χ0n) is 5.63. The Hall–Kier alpha value is -0.830. The Morgan fingerprint density at radius 2 is 2.40 bits per heavy atom. The van der Waals surface area contributed by atoms with E-state index in [0.29, 0.717) is 11.4 Å². The lowest BCUT2D eigenvalue weighted by Gasteiger charge is -1.98. The molecule has 0 aliphatic rings. The molecule has 3 heteroatoms. The number of nitrogens with zero attached hydrogens (tertiary/aromatic N) is 1. The van der Waals surface area contributed by atoms with Gasteiger partial charge in [-0.15, -0.1) is 12.6 Å². The Bertz CT molecular complexity index is 258. The van der Waals surface area contributed by atoms with E-state index in [0.717, 1.165) is 4.90 Å². The van der Waals surface area contributed by atoms with Crippen LogP contribution in [0.2, 0.25) is 0 Å². The van der Waals surface area contributed by atoms with Crippen LogP contribution in [0.1, 0.15) is 12.6 Å². The summed E-state index contributed by atoms with van der Waals surface area (Å²) in [5.74, 6) is 0. The molecule has 2 nitrogen and oxygen atoms in total. The molecule has 0 atom stereocenters. The molecule has 0 aromatic carbocycles. The third-order valence-corrected chi connectivity index (χ3v) is 1.50. The molecule has 0 bridgehead atoms. The second-order valence-corrected chi connectivity index (χ2v) is 2.48. The maximum absolute atomic E-state index is 7.26. The summed E-state index contributed by atoms with van der Waals surface area (Å²) < 4.78 is 0. The first-order valence-electron chi connectivity index (χ1n) is 2.91. The highest BCUT2D eigenvalue weighted by molar-refractivity contribution is 7.80. The summed E-state index contributed by atoms with van der Waals surface area (Å²) in [7, 11) is 0. The van der Waals surface area contributed by atoms with E-state index < -0.39 is 0 Å². The number of hydrogen-bond donors (Lipinski definition) is 2. The smallest absolute Gasteiger partial charge is 0.0967 e. The summed E-state index contributed by atoms with van der Waals surface area (Å²) in [6, 6.07) is 3.62. The fourth-order valence-electron chi connectivity index (χ4n) is 0.686. The predicted octanol–water partition coefficient (Wildman–Crippen LogP) is 1.76. The minimum Gasteiger partial charge on any atom is -0.303 e. The molecule has 1 N–H and O–H groups in total. The van der Waals surface area contributed by atoms with Gasteiger partial charge in [0.2, 0.25) is 0 Å². The Morgan fingerprint density at radius 3 is 2.80 bits per heavy atom. The zero-order chi connectivity index (χ0) is 7.56. The molecule has 10 heavy (non-hydrogen) atoms. The van der Waals surface area contributed by atoms with Crippen molar-refractivity contribution in [3.63, 3.8) is 0 Å². The molecule has 0 spiro atoms. The molecular weight excluding hydrogens is 144 g/mol. The van der Waals surface area contributed by atoms with E-state index in [4.69, 9.17) is 5.41 Å². The van der Waals surface area contributed by atoms with Crippen molar-refractivity contribution in [3.8, 4) is 0 Å².